The maximum Gasteiger partial charge on any atom is 0.0648 e. The monoisotopic (exact) mass is 253 g/mol. The molecule has 2 rings (SSSR count). The highest BCUT2D eigenvalue weighted by Crippen LogP contribution is 2.20. The van der Waals surface area contributed by atoms with Crippen LogP contribution in [0.25, 0.3) is 0 Å². The van der Waals surface area contributed by atoms with Crippen LogP contribution in [0.4, 0.5) is 5.69 Å². The van der Waals surface area contributed by atoms with Gasteiger partial charge in [-0.25, -0.2) is 0 Å². The fraction of sp³-hybridized carbons (Fsp3) is 0.615. The van der Waals surface area contributed by atoms with E-state index in [2.05, 4.69) is 40.9 Å². The van der Waals surface area contributed by atoms with E-state index in [1.54, 1.807) is 0 Å². The highest BCUT2D eigenvalue weighted by Gasteiger charge is 2.19. The van der Waals surface area contributed by atoms with Crippen molar-refractivity contribution in [2.75, 3.05) is 31.6 Å². The molecule has 1 unspecified atom stereocenters. The predicted molar refractivity (Wildman–Crippen MR) is 72.7 cm³/mol. The van der Waals surface area contributed by atoms with Gasteiger partial charge < -0.3 is 9.80 Å². The lowest BCUT2D eigenvalue weighted by Gasteiger charge is -2.30. The molecule has 1 aromatic heterocycles. The minimum absolute atomic E-state index is 0.482. The molecule has 1 saturated heterocycles. The van der Waals surface area contributed by atoms with E-state index in [1.165, 1.54) is 18.7 Å². The summed E-state index contributed by atoms with van der Waals surface area (Å²) >= 11 is 5.84. The number of hydrogen-bond donors (Lipinski definition) is 0. The molecule has 0 saturated carbocycles. The summed E-state index contributed by atoms with van der Waals surface area (Å²) in [6, 6.07) is 4.72. The first kappa shape index (κ1) is 12.7. The predicted octanol–water partition coefficient (Wildman–Crippen LogP) is 2.35. The second-order valence-electron chi connectivity index (χ2n) is 4.80. The lowest BCUT2D eigenvalue weighted by molar-refractivity contribution is 0.337. The third kappa shape index (κ3) is 3.11. The largest absolute Gasteiger partial charge is 0.367 e. The maximum atomic E-state index is 5.84. The van der Waals surface area contributed by atoms with Gasteiger partial charge in [-0.05, 0) is 39.1 Å². The number of aromatic nitrogens is 1. The molecule has 0 aromatic carbocycles. The first-order valence-corrected chi connectivity index (χ1v) is 6.70. The van der Waals surface area contributed by atoms with Crippen LogP contribution in [0.1, 0.15) is 19.0 Å². The Balaban J connectivity index is 2.19. The van der Waals surface area contributed by atoms with Crippen LogP contribution in [0.3, 0.4) is 0 Å². The summed E-state index contributed by atoms with van der Waals surface area (Å²) in [6.45, 7) is 5.67. The van der Waals surface area contributed by atoms with Gasteiger partial charge in [-0.15, -0.1) is 11.6 Å². The zero-order valence-corrected chi connectivity index (χ0v) is 11.3. The van der Waals surface area contributed by atoms with E-state index in [-0.39, 0.29) is 0 Å². The molecule has 0 bridgehead atoms. The third-order valence-electron chi connectivity index (χ3n) is 3.32. The average Bonchev–Trinajstić information content (AvgIpc) is 2.50. The van der Waals surface area contributed by atoms with Gasteiger partial charge in [0.05, 0.1) is 11.6 Å². The standard InChI is InChI=1S/C13H20ClN3/c1-11-10-16(2)6-3-7-17(11)13-4-5-15-12(8-13)9-14/h4-5,8,11H,3,6-7,9-10H2,1-2H3. The summed E-state index contributed by atoms with van der Waals surface area (Å²) in [6.07, 6.45) is 3.06. The number of nitrogens with zero attached hydrogens (tertiary/aromatic N) is 3. The van der Waals surface area contributed by atoms with Crippen molar-refractivity contribution in [3.05, 3.63) is 24.0 Å². The molecule has 0 radical (unpaired) electrons. The molecular weight excluding hydrogens is 234 g/mol. The van der Waals surface area contributed by atoms with Gasteiger partial charge in [-0.1, -0.05) is 0 Å². The Morgan fingerprint density at radius 3 is 3.06 bits per heavy atom. The van der Waals surface area contributed by atoms with Crippen molar-refractivity contribution in [2.45, 2.75) is 25.3 Å². The molecule has 17 heavy (non-hydrogen) atoms. The van der Waals surface area contributed by atoms with Gasteiger partial charge in [0.2, 0.25) is 0 Å². The number of hydrogen-bond acceptors (Lipinski definition) is 3. The molecule has 94 valence electrons. The fourth-order valence-corrected chi connectivity index (χ4v) is 2.62. The molecule has 0 N–H and O–H groups in total. The third-order valence-corrected chi connectivity index (χ3v) is 3.59. The highest BCUT2D eigenvalue weighted by molar-refractivity contribution is 6.16. The smallest absolute Gasteiger partial charge is 0.0648 e. The molecule has 3 nitrogen and oxygen atoms in total. The van der Waals surface area contributed by atoms with E-state index in [4.69, 9.17) is 11.6 Å². The zero-order valence-electron chi connectivity index (χ0n) is 10.6. The van der Waals surface area contributed by atoms with Crippen LogP contribution in [0.5, 0.6) is 0 Å². The normalized spacial score (nSPS) is 22.5. The summed E-state index contributed by atoms with van der Waals surface area (Å²) in [5.74, 6) is 0.482. The van der Waals surface area contributed by atoms with Crippen LogP contribution in [0.2, 0.25) is 0 Å². The van der Waals surface area contributed by atoms with Gasteiger partial charge in [0, 0.05) is 31.0 Å². The van der Waals surface area contributed by atoms with E-state index in [1.807, 2.05) is 6.20 Å². The molecule has 0 aliphatic carbocycles. The molecule has 1 fully saturated rings. The quantitative estimate of drug-likeness (QED) is 0.755. The van der Waals surface area contributed by atoms with Gasteiger partial charge in [0.1, 0.15) is 0 Å². The van der Waals surface area contributed by atoms with Crippen molar-refractivity contribution in [3.63, 3.8) is 0 Å². The topological polar surface area (TPSA) is 19.4 Å². The lowest BCUT2D eigenvalue weighted by Crippen LogP contribution is -2.37. The molecule has 1 aromatic rings. The number of likely N-dealkylation sites (N-methyl/N-ethyl adjacent to an activating group) is 1. The summed E-state index contributed by atoms with van der Waals surface area (Å²) < 4.78 is 0. The highest BCUT2D eigenvalue weighted by atomic mass is 35.5. The Morgan fingerprint density at radius 2 is 2.29 bits per heavy atom. The maximum absolute atomic E-state index is 5.84. The van der Waals surface area contributed by atoms with Crippen molar-refractivity contribution in [2.24, 2.45) is 0 Å². The molecule has 0 spiro atoms. The first-order valence-electron chi connectivity index (χ1n) is 6.17. The molecule has 1 aliphatic heterocycles. The van der Waals surface area contributed by atoms with Crippen molar-refractivity contribution in [3.8, 4) is 0 Å². The SMILES string of the molecule is CC1CN(C)CCCN1c1ccnc(CCl)c1. The van der Waals surface area contributed by atoms with Gasteiger partial charge in [0.25, 0.3) is 0 Å². The molecule has 2 heterocycles. The molecule has 4 heteroatoms. The van der Waals surface area contributed by atoms with E-state index in [0.717, 1.165) is 18.8 Å². The number of halogens is 1. The van der Waals surface area contributed by atoms with E-state index < -0.39 is 0 Å². The number of alkyl halides is 1. The second kappa shape index (κ2) is 5.69. The van der Waals surface area contributed by atoms with Crippen LogP contribution < -0.4 is 4.90 Å². The van der Waals surface area contributed by atoms with Crippen LogP contribution >= 0.6 is 11.6 Å². The van der Waals surface area contributed by atoms with Crippen molar-refractivity contribution >= 4 is 17.3 Å². The van der Waals surface area contributed by atoms with Gasteiger partial charge >= 0.3 is 0 Å². The number of pyridine rings is 1. The van der Waals surface area contributed by atoms with Gasteiger partial charge in [-0.2, -0.15) is 0 Å². The lowest BCUT2D eigenvalue weighted by atomic mass is 10.2. The van der Waals surface area contributed by atoms with Crippen LogP contribution in [-0.4, -0.2) is 42.6 Å². The molecular formula is C13H20ClN3. The van der Waals surface area contributed by atoms with Gasteiger partial charge in [0.15, 0.2) is 0 Å². The van der Waals surface area contributed by atoms with Crippen molar-refractivity contribution < 1.29 is 0 Å². The second-order valence-corrected chi connectivity index (χ2v) is 5.06. The average molecular weight is 254 g/mol. The Kier molecular flexibility index (Phi) is 4.24. The van der Waals surface area contributed by atoms with Crippen molar-refractivity contribution in [1.82, 2.24) is 9.88 Å². The van der Waals surface area contributed by atoms with E-state index >= 15 is 0 Å². The first-order chi connectivity index (χ1) is 8.20. The Hall–Kier alpha value is -0.800. The molecule has 1 aliphatic rings. The summed E-state index contributed by atoms with van der Waals surface area (Å²) in [7, 11) is 2.19. The van der Waals surface area contributed by atoms with Crippen LogP contribution in [-0.2, 0) is 5.88 Å². The van der Waals surface area contributed by atoms with Crippen molar-refractivity contribution in [1.29, 1.82) is 0 Å². The summed E-state index contributed by atoms with van der Waals surface area (Å²) in [5, 5.41) is 0. The van der Waals surface area contributed by atoms with Crippen LogP contribution in [0.15, 0.2) is 18.3 Å². The number of rotatable bonds is 2. The Labute approximate surface area is 108 Å². The molecule has 1 atom stereocenters. The van der Waals surface area contributed by atoms with Crippen LogP contribution in [0, 0.1) is 0 Å². The zero-order chi connectivity index (χ0) is 12.3. The Bertz CT molecular complexity index is 369. The minimum Gasteiger partial charge on any atom is -0.367 e. The Morgan fingerprint density at radius 1 is 1.47 bits per heavy atom. The number of anilines is 1. The van der Waals surface area contributed by atoms with E-state index in [0.29, 0.717) is 11.9 Å². The summed E-state index contributed by atoms with van der Waals surface area (Å²) in [5.41, 5.74) is 2.20. The molecule has 0 amide bonds. The van der Waals surface area contributed by atoms with Gasteiger partial charge in [-0.3, -0.25) is 4.98 Å². The summed E-state index contributed by atoms with van der Waals surface area (Å²) in [4.78, 5) is 9.10. The fourth-order valence-electron chi connectivity index (χ4n) is 2.47. The minimum atomic E-state index is 0.482. The van der Waals surface area contributed by atoms with E-state index in [9.17, 15) is 0 Å².